The van der Waals surface area contributed by atoms with Crippen molar-refractivity contribution >= 4 is 23.5 Å². The fraction of sp³-hybridized carbons (Fsp3) is 0.500. The van der Waals surface area contributed by atoms with Gasteiger partial charge in [-0.15, -0.1) is 0 Å². The molecule has 0 fully saturated rings. The van der Waals surface area contributed by atoms with Gasteiger partial charge in [0.25, 0.3) is 0 Å². The van der Waals surface area contributed by atoms with Crippen LogP contribution < -0.4 is 4.90 Å². The summed E-state index contributed by atoms with van der Waals surface area (Å²) in [5.41, 5.74) is 0.782. The van der Waals surface area contributed by atoms with E-state index >= 15 is 0 Å². The number of hydrogen-bond acceptors (Lipinski definition) is 4. The molecule has 1 amide bonds. The smallest absolute Gasteiger partial charge is 0.415 e. The zero-order valence-corrected chi connectivity index (χ0v) is 9.86. The van der Waals surface area contributed by atoms with Gasteiger partial charge >= 0.3 is 6.09 Å². The molecule has 0 bridgehead atoms. The molecule has 0 saturated heterocycles. The highest BCUT2D eigenvalue weighted by molar-refractivity contribution is 6.28. The highest BCUT2D eigenvalue weighted by Crippen LogP contribution is 2.25. The summed E-state index contributed by atoms with van der Waals surface area (Å²) < 4.78 is 5.02. The van der Waals surface area contributed by atoms with E-state index in [1.165, 1.54) is 4.90 Å². The number of cyclic esters (lactones) is 1. The number of ether oxygens (including phenoxy) is 1. The van der Waals surface area contributed by atoms with E-state index in [1.54, 1.807) is 6.20 Å². The molecule has 16 heavy (non-hydrogen) atoms. The summed E-state index contributed by atoms with van der Waals surface area (Å²) in [4.78, 5) is 21.0. The molecule has 1 aliphatic rings. The molecule has 5 nitrogen and oxygen atoms in total. The Morgan fingerprint density at radius 1 is 1.62 bits per heavy atom. The Morgan fingerprint density at radius 2 is 2.38 bits per heavy atom. The van der Waals surface area contributed by atoms with Crippen LogP contribution in [-0.2, 0) is 11.3 Å². The molecule has 1 aromatic heterocycles. The number of fused-ring (bicyclic) bond motifs is 1. The number of rotatable bonds is 2. The predicted molar refractivity (Wildman–Crippen MR) is 59.4 cm³/mol. The molecule has 0 spiro atoms. The third kappa shape index (κ3) is 2.09. The number of anilines is 1. The number of amides is 1. The molecule has 2 heterocycles. The van der Waals surface area contributed by atoms with E-state index in [9.17, 15) is 4.79 Å². The summed E-state index contributed by atoms with van der Waals surface area (Å²) in [6.07, 6.45) is 1.21. The highest BCUT2D eigenvalue weighted by Gasteiger charge is 2.28. The van der Waals surface area contributed by atoms with Crippen LogP contribution in [0.5, 0.6) is 0 Å². The molecule has 0 radical (unpaired) electrons. The normalized spacial score (nSPS) is 15.0. The van der Waals surface area contributed by atoms with E-state index in [0.717, 1.165) is 5.56 Å². The molecule has 0 aromatic carbocycles. The van der Waals surface area contributed by atoms with Crippen LogP contribution >= 0.6 is 11.6 Å². The molecule has 1 aromatic rings. The number of aromatic nitrogens is 2. The van der Waals surface area contributed by atoms with Crippen LogP contribution in [0, 0.1) is 5.92 Å². The Bertz CT molecular complexity index is 423. The van der Waals surface area contributed by atoms with Crippen molar-refractivity contribution in [3.8, 4) is 0 Å². The molecule has 0 atom stereocenters. The van der Waals surface area contributed by atoms with Gasteiger partial charge < -0.3 is 4.74 Å². The SMILES string of the molecule is CC(C)CN1C(=O)OCc2cnc(Cl)nc21. The second-order valence-electron chi connectivity index (χ2n) is 4.05. The first kappa shape index (κ1) is 11.1. The van der Waals surface area contributed by atoms with Gasteiger partial charge in [0.1, 0.15) is 12.4 Å². The molecule has 6 heteroatoms. The van der Waals surface area contributed by atoms with Gasteiger partial charge in [-0.25, -0.2) is 9.78 Å². The van der Waals surface area contributed by atoms with Crippen molar-refractivity contribution in [2.45, 2.75) is 20.5 Å². The van der Waals surface area contributed by atoms with Crippen LogP contribution in [0.15, 0.2) is 6.20 Å². The maximum atomic E-state index is 11.6. The lowest BCUT2D eigenvalue weighted by Crippen LogP contribution is -2.39. The van der Waals surface area contributed by atoms with Gasteiger partial charge in [-0.3, -0.25) is 4.90 Å². The van der Waals surface area contributed by atoms with E-state index in [-0.39, 0.29) is 18.0 Å². The second kappa shape index (κ2) is 4.25. The van der Waals surface area contributed by atoms with Crippen molar-refractivity contribution < 1.29 is 9.53 Å². The molecule has 0 N–H and O–H groups in total. The van der Waals surface area contributed by atoms with Gasteiger partial charge in [-0.05, 0) is 17.5 Å². The predicted octanol–water partition coefficient (Wildman–Crippen LogP) is 2.24. The molecule has 1 aliphatic heterocycles. The molecular weight excluding hydrogens is 230 g/mol. The molecule has 0 unspecified atom stereocenters. The lowest BCUT2D eigenvalue weighted by Gasteiger charge is -2.28. The second-order valence-corrected chi connectivity index (χ2v) is 4.38. The van der Waals surface area contributed by atoms with Gasteiger partial charge in [0, 0.05) is 12.7 Å². The number of hydrogen-bond donors (Lipinski definition) is 0. The number of carbonyl (C=O) groups is 1. The summed E-state index contributed by atoms with van der Waals surface area (Å²) in [5.74, 6) is 0.886. The topological polar surface area (TPSA) is 55.3 Å². The van der Waals surface area contributed by atoms with Crippen LogP contribution in [-0.4, -0.2) is 22.6 Å². The van der Waals surface area contributed by atoms with E-state index in [2.05, 4.69) is 9.97 Å². The summed E-state index contributed by atoms with van der Waals surface area (Å²) in [6, 6.07) is 0. The van der Waals surface area contributed by atoms with Crippen LogP contribution in [0.25, 0.3) is 0 Å². The van der Waals surface area contributed by atoms with Crippen LogP contribution in [0.4, 0.5) is 10.6 Å². The van der Waals surface area contributed by atoms with E-state index in [0.29, 0.717) is 18.3 Å². The van der Waals surface area contributed by atoms with E-state index in [4.69, 9.17) is 16.3 Å². The molecule has 2 rings (SSSR count). The Labute approximate surface area is 98.4 Å². The van der Waals surface area contributed by atoms with Crippen molar-refractivity contribution in [1.82, 2.24) is 9.97 Å². The van der Waals surface area contributed by atoms with Gasteiger partial charge in [0.05, 0.1) is 5.56 Å². The van der Waals surface area contributed by atoms with E-state index < -0.39 is 0 Å². The average Bonchev–Trinajstić information content (AvgIpc) is 2.22. The van der Waals surface area contributed by atoms with Crippen molar-refractivity contribution in [3.63, 3.8) is 0 Å². The highest BCUT2D eigenvalue weighted by atomic mass is 35.5. The first-order chi connectivity index (χ1) is 7.58. The molecular formula is C10H12ClN3O2. The molecule has 0 aliphatic carbocycles. The summed E-state index contributed by atoms with van der Waals surface area (Å²) >= 11 is 5.73. The van der Waals surface area contributed by atoms with Crippen LogP contribution in [0.1, 0.15) is 19.4 Å². The number of halogens is 1. The third-order valence-corrected chi connectivity index (χ3v) is 2.37. The van der Waals surface area contributed by atoms with Gasteiger partial charge in [-0.2, -0.15) is 4.98 Å². The minimum atomic E-state index is -0.379. The van der Waals surface area contributed by atoms with Gasteiger partial charge in [0.2, 0.25) is 5.28 Å². The van der Waals surface area contributed by atoms with Crippen molar-refractivity contribution in [1.29, 1.82) is 0 Å². The lowest BCUT2D eigenvalue weighted by molar-refractivity contribution is 0.140. The van der Waals surface area contributed by atoms with Crippen molar-refractivity contribution in [3.05, 3.63) is 17.0 Å². The Balaban J connectivity index is 2.38. The minimum absolute atomic E-state index is 0.141. The van der Waals surface area contributed by atoms with Crippen LogP contribution in [0.3, 0.4) is 0 Å². The van der Waals surface area contributed by atoms with E-state index in [1.807, 2.05) is 13.8 Å². The fourth-order valence-corrected chi connectivity index (χ4v) is 1.67. The maximum Gasteiger partial charge on any atom is 0.415 e. The van der Waals surface area contributed by atoms with Crippen molar-refractivity contribution in [2.24, 2.45) is 5.92 Å². The standard InChI is InChI=1S/C10H12ClN3O2/c1-6(2)4-14-8-7(5-16-10(14)15)3-12-9(11)13-8/h3,6H,4-5H2,1-2H3. The van der Waals surface area contributed by atoms with Gasteiger partial charge in [-0.1, -0.05) is 13.8 Å². The zero-order valence-electron chi connectivity index (χ0n) is 9.11. The van der Waals surface area contributed by atoms with Gasteiger partial charge in [0.15, 0.2) is 0 Å². The largest absolute Gasteiger partial charge is 0.444 e. The Hall–Kier alpha value is -1.36. The summed E-state index contributed by atoms with van der Waals surface area (Å²) in [7, 11) is 0. The first-order valence-corrected chi connectivity index (χ1v) is 5.41. The monoisotopic (exact) mass is 241 g/mol. The average molecular weight is 242 g/mol. The van der Waals surface area contributed by atoms with Crippen LogP contribution in [0.2, 0.25) is 5.28 Å². The fourth-order valence-electron chi connectivity index (χ4n) is 1.54. The Morgan fingerprint density at radius 3 is 3.06 bits per heavy atom. The summed E-state index contributed by atoms with van der Waals surface area (Å²) in [5, 5.41) is 0.141. The number of nitrogens with zero attached hydrogens (tertiary/aromatic N) is 3. The molecule has 0 saturated carbocycles. The minimum Gasteiger partial charge on any atom is -0.444 e. The third-order valence-electron chi connectivity index (χ3n) is 2.19. The maximum absolute atomic E-state index is 11.6. The van der Waals surface area contributed by atoms with Crippen molar-refractivity contribution in [2.75, 3.05) is 11.4 Å². The quantitative estimate of drug-likeness (QED) is 0.745. The number of carbonyl (C=O) groups excluding carboxylic acids is 1. The first-order valence-electron chi connectivity index (χ1n) is 5.03. The zero-order chi connectivity index (χ0) is 11.7. The Kier molecular flexibility index (Phi) is 2.96. The summed E-state index contributed by atoms with van der Waals surface area (Å²) in [6.45, 7) is 4.80. The lowest BCUT2D eigenvalue weighted by atomic mass is 10.2. The molecule has 86 valence electrons.